The first-order valence-electron chi connectivity index (χ1n) is 12.7. The number of nitrogens with zero attached hydrogens (tertiary/aromatic N) is 1. The Kier molecular flexibility index (Phi) is 11.3. The van der Waals surface area contributed by atoms with Gasteiger partial charge in [-0.15, -0.1) is 0 Å². The van der Waals surface area contributed by atoms with Gasteiger partial charge < -0.3 is 5.11 Å². The Labute approximate surface area is 207 Å². The number of aliphatic hydroxyl groups excluding tert-OH is 1. The predicted octanol–water partition coefficient (Wildman–Crippen LogP) is 4.34. The van der Waals surface area contributed by atoms with Crippen LogP contribution in [0.2, 0.25) is 6.32 Å². The topological polar surface area (TPSA) is 37.3 Å². The van der Waals surface area contributed by atoms with Gasteiger partial charge in [-0.05, 0) is 6.42 Å². The van der Waals surface area contributed by atoms with Crippen molar-refractivity contribution in [1.82, 2.24) is 0 Å². The molecule has 3 rings (SSSR count). The summed E-state index contributed by atoms with van der Waals surface area (Å²) in [6, 6.07) is 33.2. The third-order valence-electron chi connectivity index (χ3n) is 6.89. The highest BCUT2D eigenvalue weighted by atomic mass is 16.3. The lowest BCUT2D eigenvalue weighted by Gasteiger charge is -2.43. The summed E-state index contributed by atoms with van der Waals surface area (Å²) < 4.78 is 0.296. The molecule has 3 aromatic rings. The Morgan fingerprint density at radius 3 is 1.47 bits per heavy atom. The second kappa shape index (κ2) is 13.9. The largest absolute Gasteiger partial charge is 0.390 e. The van der Waals surface area contributed by atoms with E-state index in [4.69, 9.17) is 5.11 Å². The van der Waals surface area contributed by atoms with Crippen molar-refractivity contribution < 1.29 is 14.4 Å². The van der Waals surface area contributed by atoms with Gasteiger partial charge in [-0.2, -0.15) is 22.7 Å². The van der Waals surface area contributed by atoms with Crippen molar-refractivity contribution in [3.8, 4) is 0 Å². The third kappa shape index (κ3) is 7.15. The summed E-state index contributed by atoms with van der Waals surface area (Å²) in [5, 5.41) is 8.65. The highest BCUT2D eigenvalue weighted by molar-refractivity contribution is 7.11. The number of carbonyl (C=O) groups is 1. The summed E-state index contributed by atoms with van der Waals surface area (Å²) in [5.41, 5.74) is 4.33. The van der Waals surface area contributed by atoms with Gasteiger partial charge in [0.05, 0.1) is 33.3 Å². The summed E-state index contributed by atoms with van der Waals surface area (Å²) >= 11 is 0. The summed E-state index contributed by atoms with van der Waals surface area (Å²) in [5.74, 6) is 0.196. The lowest BCUT2D eigenvalue weighted by Crippen LogP contribution is -2.66. The van der Waals surface area contributed by atoms with Gasteiger partial charge in [0.25, 0.3) is 0 Å². The van der Waals surface area contributed by atoms with Crippen molar-refractivity contribution in [2.45, 2.75) is 45.9 Å². The van der Waals surface area contributed by atoms with Crippen molar-refractivity contribution >= 4 is 28.4 Å². The van der Waals surface area contributed by atoms with Crippen LogP contribution < -0.4 is 16.4 Å². The molecule has 1 N–H and O–H groups in total. The van der Waals surface area contributed by atoms with Crippen molar-refractivity contribution in [3.63, 3.8) is 0 Å². The monoisotopic (exact) mass is 459 g/mol. The van der Waals surface area contributed by atoms with E-state index in [0.29, 0.717) is 17.4 Å². The summed E-state index contributed by atoms with van der Waals surface area (Å²) in [4.78, 5) is 11.3. The number of hydrogen-bond donors (Lipinski definition) is 1. The van der Waals surface area contributed by atoms with Gasteiger partial charge >= 0.3 is 5.91 Å². The van der Waals surface area contributed by atoms with E-state index < -0.39 is 6.15 Å². The number of likely N-dealkylation sites (N-methyl/N-ethyl adjacent to an activating group) is 1. The van der Waals surface area contributed by atoms with Gasteiger partial charge in [0.1, 0.15) is 6.54 Å². The fourth-order valence-electron chi connectivity index (χ4n) is 4.82. The van der Waals surface area contributed by atoms with Crippen LogP contribution in [0.5, 0.6) is 0 Å². The Morgan fingerprint density at radius 2 is 1.15 bits per heavy atom. The normalized spacial score (nSPS) is 11.4. The van der Waals surface area contributed by atoms with Crippen LogP contribution in [0.25, 0.3) is 0 Å². The van der Waals surface area contributed by atoms with E-state index in [2.05, 4.69) is 97.9 Å². The quantitative estimate of drug-likeness (QED) is 0.362. The minimum atomic E-state index is -0.913. The number of benzene rings is 3. The molecule has 34 heavy (non-hydrogen) atoms. The smallest absolute Gasteiger partial charge is 0.313 e. The number of carbonyl (C=O) groups excluding carboxylic acids is 1. The maximum Gasteiger partial charge on any atom is 0.313 e. The molecular weight excluding hydrogens is 417 g/mol. The Hall–Kier alpha value is -2.69. The predicted molar refractivity (Wildman–Crippen MR) is 148 cm³/mol. The van der Waals surface area contributed by atoms with Gasteiger partial charge in [0.15, 0.2) is 0 Å². The van der Waals surface area contributed by atoms with Crippen LogP contribution in [-0.4, -0.2) is 48.9 Å². The fraction of sp³-hybridized carbons (Fsp3) is 0.367. The molecule has 0 heterocycles. The molecule has 3 nitrogen and oxygen atoms in total. The van der Waals surface area contributed by atoms with E-state index in [0.717, 1.165) is 6.42 Å². The van der Waals surface area contributed by atoms with Gasteiger partial charge in [-0.1, -0.05) is 118 Å². The van der Waals surface area contributed by atoms with Crippen molar-refractivity contribution in [1.29, 1.82) is 0 Å². The van der Waals surface area contributed by atoms with E-state index >= 15 is 0 Å². The molecule has 0 saturated carbocycles. The molecule has 0 bridgehead atoms. The number of aliphatic hydroxyl groups is 1. The van der Waals surface area contributed by atoms with Crippen molar-refractivity contribution in [3.05, 3.63) is 91.0 Å². The minimum Gasteiger partial charge on any atom is -0.390 e. The highest BCUT2D eigenvalue weighted by Crippen LogP contribution is 2.16. The molecule has 3 aromatic carbocycles. The van der Waals surface area contributed by atoms with Crippen LogP contribution in [0, 0.1) is 0 Å². The van der Waals surface area contributed by atoms with Gasteiger partial charge in [0, 0.05) is 0 Å². The SMILES string of the molecule is CCCC(=O)[N+](C)(C)CCO.CCCC[B-](c1ccccc1)(c1ccccc1)c1ccccc1. The van der Waals surface area contributed by atoms with E-state index in [1.807, 2.05) is 21.0 Å². The summed E-state index contributed by atoms with van der Waals surface area (Å²) in [6.07, 6.45) is 4.21. The minimum absolute atomic E-state index is 0.0719. The average Bonchev–Trinajstić information content (AvgIpc) is 2.87. The number of rotatable bonds is 10. The second-order valence-corrected chi connectivity index (χ2v) is 9.70. The third-order valence-corrected chi connectivity index (χ3v) is 6.89. The first kappa shape index (κ1) is 27.6. The zero-order chi connectivity index (χ0) is 24.9. The number of unbranched alkanes of at least 4 members (excludes halogenated alkanes) is 1. The molecule has 0 unspecified atom stereocenters. The fourth-order valence-corrected chi connectivity index (χ4v) is 4.82. The Morgan fingerprint density at radius 1 is 0.735 bits per heavy atom. The van der Waals surface area contributed by atoms with E-state index in [1.165, 1.54) is 35.6 Å². The maximum absolute atomic E-state index is 11.3. The molecule has 0 aromatic heterocycles. The molecule has 0 fully saturated rings. The van der Waals surface area contributed by atoms with Gasteiger partial charge in [-0.25, -0.2) is 4.79 Å². The van der Waals surface area contributed by atoms with Crippen LogP contribution in [0.3, 0.4) is 0 Å². The molecule has 1 amide bonds. The first-order chi connectivity index (χ1) is 16.4. The molecule has 0 aliphatic carbocycles. The van der Waals surface area contributed by atoms with E-state index in [1.54, 1.807) is 0 Å². The highest BCUT2D eigenvalue weighted by Gasteiger charge is 2.28. The maximum atomic E-state index is 11.3. The first-order valence-corrected chi connectivity index (χ1v) is 12.7. The van der Waals surface area contributed by atoms with Crippen molar-refractivity contribution in [2.75, 3.05) is 27.2 Å². The summed E-state index contributed by atoms with van der Waals surface area (Å²) in [6.45, 7) is 4.85. The molecule has 0 radical (unpaired) electrons. The Balaban J connectivity index is 0.000000316. The summed E-state index contributed by atoms with van der Waals surface area (Å²) in [7, 11) is 3.66. The number of amides is 1. The molecule has 0 aliphatic heterocycles. The molecular formula is C30H42BNO2. The molecule has 0 aliphatic rings. The van der Waals surface area contributed by atoms with Gasteiger partial charge in [-0.3, -0.25) is 4.48 Å². The van der Waals surface area contributed by atoms with Crippen LogP contribution in [0.15, 0.2) is 91.0 Å². The number of quaternary nitrogens is 1. The Bertz CT molecular complexity index is 862. The van der Waals surface area contributed by atoms with E-state index in [9.17, 15) is 4.79 Å². The lowest BCUT2D eigenvalue weighted by atomic mass is 9.14. The van der Waals surface area contributed by atoms with Crippen molar-refractivity contribution in [2.24, 2.45) is 0 Å². The van der Waals surface area contributed by atoms with E-state index in [-0.39, 0.29) is 12.5 Å². The molecule has 0 spiro atoms. The molecule has 0 saturated heterocycles. The zero-order valence-electron chi connectivity index (χ0n) is 21.5. The second-order valence-electron chi connectivity index (χ2n) is 9.70. The number of hydrogen-bond acceptors (Lipinski definition) is 2. The van der Waals surface area contributed by atoms with Crippen LogP contribution in [0.4, 0.5) is 0 Å². The van der Waals surface area contributed by atoms with Crippen LogP contribution >= 0.6 is 0 Å². The van der Waals surface area contributed by atoms with Crippen LogP contribution in [0.1, 0.15) is 39.5 Å². The molecule has 0 atom stereocenters. The zero-order valence-corrected chi connectivity index (χ0v) is 21.5. The lowest BCUT2D eigenvalue weighted by molar-refractivity contribution is -0.814. The van der Waals surface area contributed by atoms with Gasteiger partial charge in [0.2, 0.25) is 0 Å². The standard InChI is InChI=1S/C22H24B.C8H18NO2/c1-2-3-19-23(20-13-7-4-8-14-20,21-15-9-5-10-16-21)22-17-11-6-12-18-22;1-4-5-8(11)9(2,3)6-7-10/h4-18H,2-3,19H2,1H3;10H,4-7H2,1-3H3/q-1;+1. The average molecular weight is 459 g/mol. The molecule has 4 heteroatoms. The molecule has 182 valence electrons. The van der Waals surface area contributed by atoms with Crippen LogP contribution in [-0.2, 0) is 4.79 Å².